The van der Waals surface area contributed by atoms with E-state index in [4.69, 9.17) is 0 Å². The summed E-state index contributed by atoms with van der Waals surface area (Å²) in [7, 11) is 0. The van der Waals surface area contributed by atoms with Crippen LogP contribution >= 0.6 is 0 Å². The van der Waals surface area contributed by atoms with Gasteiger partial charge >= 0.3 is 0 Å². The van der Waals surface area contributed by atoms with Gasteiger partial charge in [0.1, 0.15) is 11.6 Å². The minimum absolute atomic E-state index is 0.112. The first kappa shape index (κ1) is 14.5. The molecule has 106 valence electrons. The number of benzene rings is 2. The minimum atomic E-state index is -0.179. The fourth-order valence-corrected chi connectivity index (χ4v) is 2.36. The van der Waals surface area contributed by atoms with Crippen molar-refractivity contribution in [1.29, 1.82) is 0 Å². The Morgan fingerprint density at radius 2 is 2.00 bits per heavy atom. The number of hydrogen-bond donors (Lipinski definition) is 2. The Balaban J connectivity index is 2.24. The summed E-state index contributed by atoms with van der Waals surface area (Å²) in [5.41, 5.74) is 2.77. The van der Waals surface area contributed by atoms with Gasteiger partial charge in [-0.3, -0.25) is 0 Å². The van der Waals surface area contributed by atoms with Crippen LogP contribution in [0.25, 0.3) is 0 Å². The molecule has 0 radical (unpaired) electrons. The van der Waals surface area contributed by atoms with Crippen LogP contribution in [0.2, 0.25) is 0 Å². The van der Waals surface area contributed by atoms with Crippen LogP contribution < -0.4 is 5.32 Å². The number of aromatic hydroxyl groups is 1. The number of nitrogens with one attached hydrogen (secondary N) is 1. The maximum absolute atomic E-state index is 13.4. The Morgan fingerprint density at radius 3 is 2.65 bits per heavy atom. The second-order valence-electron chi connectivity index (χ2n) is 4.99. The van der Waals surface area contributed by atoms with E-state index < -0.39 is 0 Å². The Labute approximate surface area is 119 Å². The first-order valence-corrected chi connectivity index (χ1v) is 6.87. The van der Waals surface area contributed by atoms with Gasteiger partial charge in [0.2, 0.25) is 0 Å². The SMILES string of the molecule is CCNC(Cc1cccc(O)c1)c1ccc(F)c(C)c1. The molecule has 2 aromatic rings. The van der Waals surface area contributed by atoms with Gasteiger partial charge in [-0.05, 0) is 54.8 Å². The molecule has 0 aliphatic rings. The number of phenolic OH excluding ortho intramolecular Hbond substituents is 1. The number of phenols is 1. The fourth-order valence-electron chi connectivity index (χ4n) is 2.36. The lowest BCUT2D eigenvalue weighted by atomic mass is 9.97. The van der Waals surface area contributed by atoms with Gasteiger partial charge in [-0.1, -0.05) is 31.2 Å². The number of likely N-dealkylation sites (N-methyl/N-ethyl adjacent to an activating group) is 1. The lowest BCUT2D eigenvalue weighted by molar-refractivity contribution is 0.473. The third-order valence-corrected chi connectivity index (χ3v) is 3.39. The van der Waals surface area contributed by atoms with E-state index in [0.29, 0.717) is 5.56 Å². The van der Waals surface area contributed by atoms with E-state index in [1.165, 1.54) is 6.07 Å². The van der Waals surface area contributed by atoms with Gasteiger partial charge in [0.25, 0.3) is 0 Å². The average molecular weight is 273 g/mol. The monoisotopic (exact) mass is 273 g/mol. The predicted octanol–water partition coefficient (Wildman–Crippen LogP) is 3.73. The molecular formula is C17H20FNO. The molecule has 3 heteroatoms. The van der Waals surface area contributed by atoms with Crippen LogP contribution in [0.5, 0.6) is 5.75 Å². The summed E-state index contributed by atoms with van der Waals surface area (Å²) >= 11 is 0. The highest BCUT2D eigenvalue weighted by Gasteiger charge is 2.12. The molecule has 0 bridgehead atoms. The summed E-state index contributed by atoms with van der Waals surface area (Å²) in [5.74, 6) is 0.0920. The zero-order valence-electron chi connectivity index (χ0n) is 11.9. The maximum Gasteiger partial charge on any atom is 0.126 e. The number of aryl methyl sites for hydroxylation is 1. The van der Waals surface area contributed by atoms with Crippen LogP contribution in [0.3, 0.4) is 0 Å². The second-order valence-corrected chi connectivity index (χ2v) is 4.99. The molecule has 2 nitrogen and oxygen atoms in total. The summed E-state index contributed by atoms with van der Waals surface area (Å²) in [5, 5.41) is 12.9. The first-order chi connectivity index (χ1) is 9.60. The molecular weight excluding hydrogens is 253 g/mol. The standard InChI is InChI=1S/C17H20FNO/c1-3-19-17(11-13-5-4-6-15(20)10-13)14-7-8-16(18)12(2)9-14/h4-10,17,19-20H,3,11H2,1-2H3. The zero-order chi connectivity index (χ0) is 14.5. The van der Waals surface area contributed by atoms with E-state index in [1.807, 2.05) is 31.2 Å². The molecule has 0 aromatic heterocycles. The van der Waals surface area contributed by atoms with Gasteiger partial charge in [-0.15, -0.1) is 0 Å². The second kappa shape index (κ2) is 6.53. The zero-order valence-corrected chi connectivity index (χ0v) is 11.9. The molecule has 2 N–H and O–H groups in total. The molecule has 0 amide bonds. The van der Waals surface area contributed by atoms with Gasteiger partial charge < -0.3 is 10.4 Å². The van der Waals surface area contributed by atoms with E-state index in [2.05, 4.69) is 5.32 Å². The predicted molar refractivity (Wildman–Crippen MR) is 79.4 cm³/mol. The van der Waals surface area contributed by atoms with E-state index in [9.17, 15) is 9.50 Å². The third kappa shape index (κ3) is 3.58. The summed E-state index contributed by atoms with van der Waals surface area (Å²) in [6.07, 6.45) is 0.757. The Morgan fingerprint density at radius 1 is 1.20 bits per heavy atom. The summed E-state index contributed by atoms with van der Waals surface area (Å²) in [6, 6.07) is 12.6. The summed E-state index contributed by atoms with van der Waals surface area (Å²) < 4.78 is 13.4. The number of hydrogen-bond acceptors (Lipinski definition) is 2. The van der Waals surface area contributed by atoms with Crippen molar-refractivity contribution in [3.05, 3.63) is 65.0 Å². The molecule has 0 spiro atoms. The molecule has 2 rings (SSSR count). The van der Waals surface area contributed by atoms with Gasteiger partial charge in [0.05, 0.1) is 0 Å². The fraction of sp³-hybridized carbons (Fsp3) is 0.294. The Kier molecular flexibility index (Phi) is 4.74. The van der Waals surface area contributed by atoms with Gasteiger partial charge in [0, 0.05) is 6.04 Å². The highest BCUT2D eigenvalue weighted by Crippen LogP contribution is 2.22. The van der Waals surface area contributed by atoms with Crippen LogP contribution in [-0.4, -0.2) is 11.7 Å². The summed E-state index contributed by atoms with van der Waals surface area (Å²) in [4.78, 5) is 0. The van der Waals surface area contributed by atoms with Crippen LogP contribution in [0.1, 0.15) is 29.7 Å². The third-order valence-electron chi connectivity index (χ3n) is 3.39. The van der Waals surface area contributed by atoms with Crippen LogP contribution in [-0.2, 0) is 6.42 Å². The van der Waals surface area contributed by atoms with Crippen molar-refractivity contribution in [2.75, 3.05) is 6.54 Å². The van der Waals surface area contributed by atoms with Gasteiger partial charge in [-0.25, -0.2) is 4.39 Å². The van der Waals surface area contributed by atoms with Crippen LogP contribution in [0.4, 0.5) is 4.39 Å². The molecule has 0 aliphatic heterocycles. The van der Waals surface area contributed by atoms with Crippen molar-refractivity contribution in [2.24, 2.45) is 0 Å². The van der Waals surface area contributed by atoms with Gasteiger partial charge in [0.15, 0.2) is 0 Å². The average Bonchev–Trinajstić information content (AvgIpc) is 2.41. The van der Waals surface area contributed by atoms with Crippen molar-refractivity contribution in [1.82, 2.24) is 5.32 Å². The quantitative estimate of drug-likeness (QED) is 0.870. The smallest absolute Gasteiger partial charge is 0.126 e. The molecule has 0 aliphatic carbocycles. The van der Waals surface area contributed by atoms with E-state index in [1.54, 1.807) is 19.1 Å². The normalized spacial score (nSPS) is 12.3. The van der Waals surface area contributed by atoms with E-state index in [0.717, 1.165) is 24.1 Å². The van der Waals surface area contributed by atoms with E-state index >= 15 is 0 Å². The molecule has 0 saturated carbocycles. The first-order valence-electron chi connectivity index (χ1n) is 6.87. The lowest BCUT2D eigenvalue weighted by Crippen LogP contribution is -2.23. The number of rotatable bonds is 5. The largest absolute Gasteiger partial charge is 0.508 e. The topological polar surface area (TPSA) is 32.3 Å². The molecule has 20 heavy (non-hydrogen) atoms. The molecule has 0 fully saturated rings. The van der Waals surface area contributed by atoms with E-state index in [-0.39, 0.29) is 17.6 Å². The van der Waals surface area contributed by atoms with Crippen molar-refractivity contribution >= 4 is 0 Å². The molecule has 1 atom stereocenters. The Bertz CT molecular complexity index is 583. The number of halogens is 1. The van der Waals surface area contributed by atoms with Crippen molar-refractivity contribution in [3.8, 4) is 5.75 Å². The highest BCUT2D eigenvalue weighted by atomic mass is 19.1. The van der Waals surface area contributed by atoms with Crippen molar-refractivity contribution in [2.45, 2.75) is 26.3 Å². The van der Waals surface area contributed by atoms with Gasteiger partial charge in [-0.2, -0.15) is 0 Å². The van der Waals surface area contributed by atoms with Crippen LogP contribution in [0, 0.1) is 12.7 Å². The van der Waals surface area contributed by atoms with Crippen molar-refractivity contribution in [3.63, 3.8) is 0 Å². The highest BCUT2D eigenvalue weighted by molar-refractivity contribution is 5.31. The Hall–Kier alpha value is -1.87. The lowest BCUT2D eigenvalue weighted by Gasteiger charge is -2.19. The molecule has 0 heterocycles. The summed E-state index contributed by atoms with van der Waals surface area (Å²) in [6.45, 7) is 4.65. The minimum Gasteiger partial charge on any atom is -0.508 e. The van der Waals surface area contributed by atoms with Crippen molar-refractivity contribution < 1.29 is 9.50 Å². The molecule has 0 saturated heterocycles. The molecule has 1 unspecified atom stereocenters. The molecule has 2 aromatic carbocycles. The van der Waals surface area contributed by atoms with Crippen LogP contribution in [0.15, 0.2) is 42.5 Å². The maximum atomic E-state index is 13.4.